The number of benzene rings is 1. The summed E-state index contributed by atoms with van der Waals surface area (Å²) >= 11 is 5.68. The van der Waals surface area contributed by atoms with Gasteiger partial charge in [-0.15, -0.1) is 0 Å². The van der Waals surface area contributed by atoms with Crippen LogP contribution in [0.1, 0.15) is 17.4 Å². The molecule has 2 rings (SSSR count). The van der Waals surface area contributed by atoms with Crippen LogP contribution in [-0.4, -0.2) is 22.1 Å². The Bertz CT molecular complexity index is 583. The van der Waals surface area contributed by atoms with Crippen LogP contribution in [0.5, 0.6) is 0 Å². The fraction of sp³-hybridized carbons (Fsp3) is 0.167. The summed E-state index contributed by atoms with van der Waals surface area (Å²) in [6.45, 7) is 1.96. The minimum Gasteiger partial charge on any atom is -0.461 e. The molecule has 0 fully saturated rings. The highest BCUT2D eigenvalue weighted by atomic mass is 35.5. The lowest BCUT2D eigenvalue weighted by Gasteiger charge is -2.04. The zero-order valence-corrected chi connectivity index (χ0v) is 10.3. The van der Waals surface area contributed by atoms with Crippen molar-refractivity contribution in [2.75, 3.05) is 6.61 Å². The standard InChI is InChI=1S/C12H10ClFN2O2/c1-2-18-12(17)9-6-16(7-15-9)10-5-3-4-8(13)11(10)14/h3-7H,2H2,1H3. The van der Waals surface area contributed by atoms with Crippen molar-refractivity contribution in [2.45, 2.75) is 6.92 Å². The number of carbonyl (C=O) groups is 1. The van der Waals surface area contributed by atoms with Gasteiger partial charge >= 0.3 is 5.97 Å². The van der Waals surface area contributed by atoms with Crippen molar-refractivity contribution in [1.29, 1.82) is 0 Å². The van der Waals surface area contributed by atoms with Crippen molar-refractivity contribution in [2.24, 2.45) is 0 Å². The van der Waals surface area contributed by atoms with Gasteiger partial charge < -0.3 is 9.30 Å². The molecule has 94 valence electrons. The minimum absolute atomic E-state index is 0.0129. The second-order valence-corrected chi connectivity index (χ2v) is 3.87. The van der Waals surface area contributed by atoms with Crippen LogP contribution in [0.3, 0.4) is 0 Å². The molecule has 0 aliphatic heterocycles. The predicted molar refractivity (Wildman–Crippen MR) is 64.5 cm³/mol. The van der Waals surface area contributed by atoms with E-state index >= 15 is 0 Å². The number of nitrogens with zero attached hydrogens (tertiary/aromatic N) is 2. The molecule has 0 amide bonds. The summed E-state index contributed by atoms with van der Waals surface area (Å²) in [7, 11) is 0. The van der Waals surface area contributed by atoms with Crippen LogP contribution >= 0.6 is 11.6 Å². The molecule has 2 aromatic rings. The molecule has 18 heavy (non-hydrogen) atoms. The molecular weight excluding hydrogens is 259 g/mol. The third-order valence-electron chi connectivity index (χ3n) is 2.28. The van der Waals surface area contributed by atoms with Crippen LogP contribution < -0.4 is 0 Å². The van der Waals surface area contributed by atoms with E-state index in [2.05, 4.69) is 4.98 Å². The van der Waals surface area contributed by atoms with Crippen LogP contribution in [0.2, 0.25) is 5.02 Å². The molecule has 1 aromatic heterocycles. The summed E-state index contributed by atoms with van der Waals surface area (Å²) in [5.74, 6) is -1.11. The van der Waals surface area contributed by atoms with Gasteiger partial charge in [-0.25, -0.2) is 14.2 Å². The highest BCUT2D eigenvalue weighted by Crippen LogP contribution is 2.21. The topological polar surface area (TPSA) is 44.1 Å². The Morgan fingerprint density at radius 1 is 1.56 bits per heavy atom. The summed E-state index contributed by atoms with van der Waals surface area (Å²) in [5, 5.41) is 0.0129. The minimum atomic E-state index is -0.563. The third-order valence-corrected chi connectivity index (χ3v) is 2.57. The van der Waals surface area contributed by atoms with E-state index in [1.54, 1.807) is 13.0 Å². The lowest BCUT2D eigenvalue weighted by molar-refractivity contribution is 0.0520. The van der Waals surface area contributed by atoms with Gasteiger partial charge in [0.2, 0.25) is 0 Å². The molecule has 6 heteroatoms. The van der Waals surface area contributed by atoms with Gasteiger partial charge in [0.25, 0.3) is 0 Å². The van der Waals surface area contributed by atoms with E-state index in [1.165, 1.54) is 29.2 Å². The van der Waals surface area contributed by atoms with E-state index in [4.69, 9.17) is 16.3 Å². The normalized spacial score (nSPS) is 10.4. The first-order chi connectivity index (χ1) is 8.63. The summed E-state index contributed by atoms with van der Waals surface area (Å²) in [5.41, 5.74) is 0.349. The quantitative estimate of drug-likeness (QED) is 0.804. The Hall–Kier alpha value is -1.88. The van der Waals surface area contributed by atoms with E-state index in [0.717, 1.165) is 0 Å². The fourth-order valence-corrected chi connectivity index (χ4v) is 1.63. The largest absolute Gasteiger partial charge is 0.461 e. The highest BCUT2D eigenvalue weighted by Gasteiger charge is 2.13. The van der Waals surface area contributed by atoms with Gasteiger partial charge in [-0.1, -0.05) is 17.7 Å². The molecule has 0 aliphatic carbocycles. The van der Waals surface area contributed by atoms with Gasteiger partial charge in [0, 0.05) is 6.20 Å². The molecule has 1 aromatic carbocycles. The fourth-order valence-electron chi connectivity index (χ4n) is 1.46. The van der Waals surface area contributed by atoms with Crippen molar-refractivity contribution >= 4 is 17.6 Å². The van der Waals surface area contributed by atoms with Gasteiger partial charge in [0.1, 0.15) is 6.33 Å². The van der Waals surface area contributed by atoms with Crippen LogP contribution in [0, 0.1) is 5.82 Å². The maximum Gasteiger partial charge on any atom is 0.358 e. The number of rotatable bonds is 3. The van der Waals surface area contributed by atoms with Crippen LogP contribution in [-0.2, 0) is 4.74 Å². The number of imidazole rings is 1. The summed E-state index contributed by atoms with van der Waals surface area (Å²) in [6.07, 6.45) is 2.73. The molecule has 0 radical (unpaired) electrons. The van der Waals surface area contributed by atoms with Crippen molar-refractivity contribution in [1.82, 2.24) is 9.55 Å². The maximum absolute atomic E-state index is 13.7. The number of aromatic nitrogens is 2. The number of esters is 1. The molecule has 1 heterocycles. The molecule has 0 N–H and O–H groups in total. The number of carbonyl (C=O) groups excluding carboxylic acids is 1. The van der Waals surface area contributed by atoms with E-state index in [1.807, 2.05) is 0 Å². The lowest BCUT2D eigenvalue weighted by atomic mass is 10.3. The van der Waals surface area contributed by atoms with Crippen molar-refractivity contribution in [3.63, 3.8) is 0 Å². The second kappa shape index (κ2) is 5.18. The SMILES string of the molecule is CCOC(=O)c1cn(-c2cccc(Cl)c2F)cn1. The number of ether oxygens (including phenoxy) is 1. The van der Waals surface area contributed by atoms with Crippen molar-refractivity contribution in [3.05, 3.63) is 47.3 Å². The van der Waals surface area contributed by atoms with Crippen LogP contribution in [0.4, 0.5) is 4.39 Å². The number of hydrogen-bond donors (Lipinski definition) is 0. The van der Waals surface area contributed by atoms with Crippen LogP contribution in [0.25, 0.3) is 5.69 Å². The van der Waals surface area contributed by atoms with E-state index in [-0.39, 0.29) is 23.0 Å². The van der Waals surface area contributed by atoms with E-state index < -0.39 is 11.8 Å². The molecule has 0 aliphatic rings. The molecule has 0 spiro atoms. The van der Waals surface area contributed by atoms with Gasteiger partial charge in [-0.05, 0) is 19.1 Å². The monoisotopic (exact) mass is 268 g/mol. The zero-order chi connectivity index (χ0) is 13.1. The summed E-state index contributed by atoms with van der Waals surface area (Å²) in [4.78, 5) is 15.3. The van der Waals surface area contributed by atoms with E-state index in [0.29, 0.717) is 0 Å². The first-order valence-corrected chi connectivity index (χ1v) is 5.66. The molecule has 4 nitrogen and oxygen atoms in total. The maximum atomic E-state index is 13.7. The Kier molecular flexibility index (Phi) is 3.62. The van der Waals surface area contributed by atoms with Gasteiger partial charge in [-0.2, -0.15) is 0 Å². The zero-order valence-electron chi connectivity index (χ0n) is 9.56. The summed E-state index contributed by atoms with van der Waals surface area (Å²) in [6, 6.07) is 4.60. The predicted octanol–water partition coefficient (Wildman–Crippen LogP) is 2.84. The molecule has 0 unspecified atom stereocenters. The van der Waals surface area contributed by atoms with Crippen LogP contribution in [0.15, 0.2) is 30.7 Å². The van der Waals surface area contributed by atoms with Gasteiger partial charge in [-0.3, -0.25) is 0 Å². The first kappa shape index (κ1) is 12.6. The molecule has 0 saturated carbocycles. The van der Waals surface area contributed by atoms with Crippen molar-refractivity contribution < 1.29 is 13.9 Å². The van der Waals surface area contributed by atoms with Gasteiger partial charge in [0.05, 0.1) is 17.3 Å². The number of hydrogen-bond acceptors (Lipinski definition) is 3. The van der Waals surface area contributed by atoms with Crippen molar-refractivity contribution in [3.8, 4) is 5.69 Å². The Labute approximate surface area is 108 Å². The molecule has 0 atom stereocenters. The highest BCUT2D eigenvalue weighted by molar-refractivity contribution is 6.30. The van der Waals surface area contributed by atoms with E-state index in [9.17, 15) is 9.18 Å². The number of halogens is 2. The molecular formula is C12H10ClFN2O2. The molecule has 0 bridgehead atoms. The Morgan fingerprint density at radius 2 is 2.33 bits per heavy atom. The Balaban J connectivity index is 2.35. The Morgan fingerprint density at radius 3 is 3.06 bits per heavy atom. The average molecular weight is 269 g/mol. The smallest absolute Gasteiger partial charge is 0.358 e. The lowest BCUT2D eigenvalue weighted by Crippen LogP contribution is -2.04. The first-order valence-electron chi connectivity index (χ1n) is 5.29. The van der Waals surface area contributed by atoms with Gasteiger partial charge in [0.15, 0.2) is 11.5 Å². The molecule has 0 saturated heterocycles. The third kappa shape index (κ3) is 2.36. The summed E-state index contributed by atoms with van der Waals surface area (Å²) < 4.78 is 19.9. The average Bonchev–Trinajstić information content (AvgIpc) is 2.82. The second-order valence-electron chi connectivity index (χ2n) is 3.46.